The van der Waals surface area contributed by atoms with E-state index in [0.29, 0.717) is 31.8 Å². The van der Waals surface area contributed by atoms with E-state index in [1.165, 1.54) is 12.3 Å². The molecular weight excluding hydrogens is 320 g/mol. The van der Waals surface area contributed by atoms with Gasteiger partial charge in [0.15, 0.2) is 0 Å². The predicted molar refractivity (Wildman–Crippen MR) is 94.0 cm³/mol. The second kappa shape index (κ2) is 9.36. The van der Waals surface area contributed by atoms with Crippen molar-refractivity contribution < 1.29 is 9.59 Å². The molecule has 0 saturated heterocycles. The smallest absolute Gasteiger partial charge is 0.250 e. The molecule has 0 radical (unpaired) electrons. The highest BCUT2D eigenvalue weighted by Gasteiger charge is 2.10. The van der Waals surface area contributed by atoms with Crippen molar-refractivity contribution in [1.82, 2.24) is 20.2 Å². The van der Waals surface area contributed by atoms with Crippen LogP contribution in [0.15, 0.2) is 47.4 Å². The molecule has 7 heteroatoms. The van der Waals surface area contributed by atoms with E-state index in [1.807, 2.05) is 30.3 Å². The molecule has 2 amide bonds. The van der Waals surface area contributed by atoms with Gasteiger partial charge in [-0.25, -0.2) is 4.98 Å². The SMILES string of the molecule is CN(CCc1nccc(=O)[nH]1)C(=O)CCNC(=O)Cc1ccccc1. The molecule has 2 aromatic rings. The van der Waals surface area contributed by atoms with Crippen molar-refractivity contribution in [3.05, 3.63) is 64.3 Å². The number of amides is 2. The second-order valence-corrected chi connectivity index (χ2v) is 5.71. The number of H-pyrrole nitrogens is 1. The monoisotopic (exact) mass is 342 g/mol. The molecule has 0 spiro atoms. The Bertz CT molecular complexity index is 758. The van der Waals surface area contributed by atoms with Crippen LogP contribution >= 0.6 is 0 Å². The van der Waals surface area contributed by atoms with E-state index >= 15 is 0 Å². The van der Waals surface area contributed by atoms with Gasteiger partial charge in [-0.05, 0) is 5.56 Å². The maximum absolute atomic E-state index is 12.1. The number of rotatable bonds is 8. The minimum Gasteiger partial charge on any atom is -0.355 e. The van der Waals surface area contributed by atoms with Gasteiger partial charge in [-0.2, -0.15) is 0 Å². The number of nitrogens with zero attached hydrogens (tertiary/aromatic N) is 2. The third kappa shape index (κ3) is 6.58. The summed E-state index contributed by atoms with van der Waals surface area (Å²) in [6, 6.07) is 10.8. The average molecular weight is 342 g/mol. The van der Waals surface area contributed by atoms with Crippen LogP contribution in [0.3, 0.4) is 0 Å². The van der Waals surface area contributed by atoms with Gasteiger partial charge in [0, 0.05) is 45.2 Å². The molecule has 1 aromatic heterocycles. The molecule has 0 bridgehead atoms. The summed E-state index contributed by atoms with van der Waals surface area (Å²) in [7, 11) is 1.69. The van der Waals surface area contributed by atoms with Crippen molar-refractivity contribution in [2.45, 2.75) is 19.3 Å². The van der Waals surface area contributed by atoms with Gasteiger partial charge in [-0.3, -0.25) is 14.4 Å². The lowest BCUT2D eigenvalue weighted by atomic mass is 10.1. The van der Waals surface area contributed by atoms with Crippen LogP contribution in [0, 0.1) is 0 Å². The van der Waals surface area contributed by atoms with Gasteiger partial charge in [-0.1, -0.05) is 30.3 Å². The molecule has 1 heterocycles. The van der Waals surface area contributed by atoms with Crippen molar-refractivity contribution in [3.63, 3.8) is 0 Å². The molecule has 0 unspecified atom stereocenters. The van der Waals surface area contributed by atoms with Gasteiger partial charge in [0.2, 0.25) is 11.8 Å². The molecule has 25 heavy (non-hydrogen) atoms. The third-order valence-electron chi connectivity index (χ3n) is 3.70. The maximum atomic E-state index is 12.1. The summed E-state index contributed by atoms with van der Waals surface area (Å²) >= 11 is 0. The zero-order chi connectivity index (χ0) is 18.1. The first-order valence-corrected chi connectivity index (χ1v) is 8.13. The van der Waals surface area contributed by atoms with Crippen molar-refractivity contribution in [2.75, 3.05) is 20.1 Å². The number of benzene rings is 1. The van der Waals surface area contributed by atoms with E-state index in [-0.39, 0.29) is 23.8 Å². The average Bonchev–Trinajstić information content (AvgIpc) is 2.60. The first-order valence-electron chi connectivity index (χ1n) is 8.13. The lowest BCUT2D eigenvalue weighted by Crippen LogP contribution is -2.34. The largest absolute Gasteiger partial charge is 0.355 e. The fourth-order valence-electron chi connectivity index (χ4n) is 2.28. The Balaban J connectivity index is 1.67. The summed E-state index contributed by atoms with van der Waals surface area (Å²) in [5.74, 6) is 0.370. The van der Waals surface area contributed by atoms with Crippen LogP contribution in [0.4, 0.5) is 0 Å². The number of aromatic amines is 1. The molecular formula is C18H22N4O3. The van der Waals surface area contributed by atoms with Crippen LogP contribution in [0.25, 0.3) is 0 Å². The molecule has 0 aliphatic carbocycles. The summed E-state index contributed by atoms with van der Waals surface area (Å²) in [6.07, 6.45) is 2.45. The molecule has 0 aliphatic heterocycles. The number of aromatic nitrogens is 2. The normalized spacial score (nSPS) is 10.3. The Morgan fingerprint density at radius 3 is 2.68 bits per heavy atom. The fourth-order valence-corrected chi connectivity index (χ4v) is 2.28. The molecule has 0 atom stereocenters. The fraction of sp³-hybridized carbons (Fsp3) is 0.333. The van der Waals surface area contributed by atoms with Gasteiger partial charge in [-0.15, -0.1) is 0 Å². The van der Waals surface area contributed by atoms with Crippen LogP contribution in [0.5, 0.6) is 0 Å². The summed E-state index contributed by atoms with van der Waals surface area (Å²) in [4.78, 5) is 43.3. The van der Waals surface area contributed by atoms with Gasteiger partial charge in [0.1, 0.15) is 5.82 Å². The maximum Gasteiger partial charge on any atom is 0.250 e. The van der Waals surface area contributed by atoms with E-state index in [4.69, 9.17) is 0 Å². The Kier molecular flexibility index (Phi) is 6.88. The standard InChI is InChI=1S/C18H22N4O3/c1-22(12-9-15-19-10-7-16(23)21-15)18(25)8-11-20-17(24)13-14-5-3-2-4-6-14/h2-7,10H,8-9,11-13H2,1H3,(H,20,24)(H,19,21,23). The third-order valence-corrected chi connectivity index (χ3v) is 3.70. The molecule has 0 saturated carbocycles. The first kappa shape index (κ1) is 18.4. The highest BCUT2D eigenvalue weighted by molar-refractivity contribution is 5.80. The number of nitrogens with one attached hydrogen (secondary N) is 2. The van der Waals surface area contributed by atoms with Crippen molar-refractivity contribution >= 4 is 11.8 Å². The molecule has 2 N–H and O–H groups in total. The topological polar surface area (TPSA) is 95.2 Å². The quantitative estimate of drug-likeness (QED) is 0.731. The van der Waals surface area contributed by atoms with Crippen molar-refractivity contribution in [1.29, 1.82) is 0 Å². The minimum atomic E-state index is -0.208. The van der Waals surface area contributed by atoms with E-state index < -0.39 is 0 Å². The zero-order valence-electron chi connectivity index (χ0n) is 14.2. The Morgan fingerprint density at radius 2 is 1.96 bits per heavy atom. The van der Waals surface area contributed by atoms with E-state index in [0.717, 1.165) is 5.56 Å². The summed E-state index contributed by atoms with van der Waals surface area (Å²) < 4.78 is 0. The molecule has 1 aromatic carbocycles. The van der Waals surface area contributed by atoms with Gasteiger partial charge in [0.05, 0.1) is 6.42 Å². The molecule has 7 nitrogen and oxygen atoms in total. The van der Waals surface area contributed by atoms with Crippen LogP contribution < -0.4 is 10.9 Å². The Hall–Kier alpha value is -2.96. The highest BCUT2D eigenvalue weighted by Crippen LogP contribution is 1.99. The Labute approximate surface area is 146 Å². The minimum absolute atomic E-state index is 0.0710. The number of hydrogen-bond donors (Lipinski definition) is 2. The van der Waals surface area contributed by atoms with Crippen LogP contribution in [0.1, 0.15) is 17.8 Å². The lowest BCUT2D eigenvalue weighted by molar-refractivity contribution is -0.129. The number of likely N-dealkylation sites (N-methyl/N-ethyl adjacent to an activating group) is 1. The van der Waals surface area contributed by atoms with Gasteiger partial charge < -0.3 is 15.2 Å². The predicted octanol–water partition coefficient (Wildman–Crippen LogP) is 0.520. The van der Waals surface area contributed by atoms with Crippen molar-refractivity contribution in [3.8, 4) is 0 Å². The van der Waals surface area contributed by atoms with E-state index in [1.54, 1.807) is 11.9 Å². The Morgan fingerprint density at radius 1 is 1.20 bits per heavy atom. The van der Waals surface area contributed by atoms with E-state index in [9.17, 15) is 14.4 Å². The first-order chi connectivity index (χ1) is 12.0. The second-order valence-electron chi connectivity index (χ2n) is 5.71. The van der Waals surface area contributed by atoms with Crippen molar-refractivity contribution in [2.24, 2.45) is 0 Å². The highest BCUT2D eigenvalue weighted by atomic mass is 16.2. The number of carbonyl (C=O) groups is 2. The summed E-state index contributed by atoms with van der Waals surface area (Å²) in [5.41, 5.74) is 0.730. The molecule has 132 valence electrons. The van der Waals surface area contributed by atoms with Crippen LogP contribution in [0.2, 0.25) is 0 Å². The van der Waals surface area contributed by atoms with E-state index in [2.05, 4.69) is 15.3 Å². The molecule has 2 rings (SSSR count). The molecule has 0 fully saturated rings. The van der Waals surface area contributed by atoms with Crippen LogP contribution in [-0.2, 0) is 22.4 Å². The van der Waals surface area contributed by atoms with Gasteiger partial charge in [0.25, 0.3) is 5.56 Å². The zero-order valence-corrected chi connectivity index (χ0v) is 14.2. The van der Waals surface area contributed by atoms with Crippen LogP contribution in [-0.4, -0.2) is 46.8 Å². The number of hydrogen-bond acceptors (Lipinski definition) is 4. The summed E-state index contributed by atoms with van der Waals surface area (Å²) in [6.45, 7) is 0.749. The number of carbonyl (C=O) groups excluding carboxylic acids is 2. The molecule has 0 aliphatic rings. The summed E-state index contributed by atoms with van der Waals surface area (Å²) in [5, 5.41) is 2.75. The lowest BCUT2D eigenvalue weighted by Gasteiger charge is -2.17. The van der Waals surface area contributed by atoms with Gasteiger partial charge >= 0.3 is 0 Å².